The smallest absolute Gasteiger partial charge is 0.210 e. The fraction of sp³-hybridized carbons (Fsp3) is 0.692. The minimum atomic E-state index is -0.370. The zero-order chi connectivity index (χ0) is 13.7. The van der Waals surface area contributed by atoms with E-state index >= 15 is 0 Å². The van der Waals surface area contributed by atoms with Gasteiger partial charge < -0.3 is 4.74 Å². The predicted molar refractivity (Wildman–Crippen MR) is 75.0 cm³/mol. The highest BCUT2D eigenvalue weighted by molar-refractivity contribution is 9.10. The van der Waals surface area contributed by atoms with Gasteiger partial charge in [-0.1, -0.05) is 13.3 Å². The van der Waals surface area contributed by atoms with Crippen LogP contribution in [0.5, 0.6) is 0 Å². The average molecular weight is 317 g/mol. The van der Waals surface area contributed by atoms with Crippen molar-refractivity contribution in [1.29, 1.82) is 0 Å². The first-order valence-electron chi connectivity index (χ1n) is 6.41. The lowest BCUT2D eigenvalue weighted by Gasteiger charge is -2.17. The number of rotatable bonds is 7. The zero-order valence-electron chi connectivity index (χ0n) is 11.4. The van der Waals surface area contributed by atoms with Crippen molar-refractivity contribution in [2.45, 2.75) is 52.7 Å². The van der Waals surface area contributed by atoms with Crippen LogP contribution in [-0.2, 0) is 4.74 Å². The summed E-state index contributed by atoms with van der Waals surface area (Å²) < 4.78 is 8.03. The van der Waals surface area contributed by atoms with Gasteiger partial charge in [-0.25, -0.2) is 0 Å². The van der Waals surface area contributed by atoms with Gasteiger partial charge in [0.15, 0.2) is 0 Å². The minimum absolute atomic E-state index is 0.0109. The van der Waals surface area contributed by atoms with Gasteiger partial charge in [-0.3, -0.25) is 9.48 Å². The first kappa shape index (κ1) is 15.4. The van der Waals surface area contributed by atoms with Crippen LogP contribution >= 0.6 is 15.9 Å². The van der Waals surface area contributed by atoms with Crippen LogP contribution in [0.4, 0.5) is 0 Å². The second kappa shape index (κ2) is 7.04. The highest BCUT2D eigenvalue weighted by atomic mass is 79.9. The molecule has 1 aromatic heterocycles. The number of hydrogen-bond donors (Lipinski definition) is 0. The van der Waals surface area contributed by atoms with Crippen molar-refractivity contribution in [1.82, 2.24) is 9.78 Å². The van der Waals surface area contributed by atoms with Crippen LogP contribution in [0.1, 0.15) is 57.1 Å². The van der Waals surface area contributed by atoms with E-state index in [0.29, 0.717) is 12.3 Å². The van der Waals surface area contributed by atoms with Crippen LogP contribution in [0.2, 0.25) is 0 Å². The summed E-state index contributed by atoms with van der Waals surface area (Å²) >= 11 is 3.40. The molecule has 0 fully saturated rings. The van der Waals surface area contributed by atoms with E-state index in [4.69, 9.17) is 4.74 Å². The molecule has 1 aromatic rings. The lowest BCUT2D eigenvalue weighted by Crippen LogP contribution is -2.27. The summed E-state index contributed by atoms with van der Waals surface area (Å²) in [6, 6.07) is 0.152. The molecular weight excluding hydrogens is 296 g/mol. The molecule has 0 spiro atoms. The second-order valence-corrected chi connectivity index (χ2v) is 5.33. The van der Waals surface area contributed by atoms with E-state index in [9.17, 15) is 4.79 Å². The Morgan fingerprint density at radius 3 is 2.67 bits per heavy atom. The van der Waals surface area contributed by atoms with E-state index in [1.165, 1.54) is 0 Å². The van der Waals surface area contributed by atoms with Gasteiger partial charge in [0.2, 0.25) is 5.78 Å². The molecule has 0 N–H and O–H groups in total. The molecular formula is C13H21BrN2O2. The van der Waals surface area contributed by atoms with Crippen molar-refractivity contribution >= 4 is 21.7 Å². The van der Waals surface area contributed by atoms with E-state index in [1.807, 2.05) is 27.7 Å². The molecule has 1 unspecified atom stereocenters. The third kappa shape index (κ3) is 3.42. The van der Waals surface area contributed by atoms with E-state index in [2.05, 4.69) is 21.0 Å². The van der Waals surface area contributed by atoms with Crippen LogP contribution in [0.15, 0.2) is 10.7 Å². The topological polar surface area (TPSA) is 44.1 Å². The van der Waals surface area contributed by atoms with Crippen LogP contribution in [-0.4, -0.2) is 28.3 Å². The summed E-state index contributed by atoms with van der Waals surface area (Å²) in [4.78, 5) is 12.5. The number of aromatic nitrogens is 2. The molecule has 0 aliphatic rings. The number of Topliss-reactive ketones (excluding diaryl/α,β-unsaturated/α-hetero) is 1. The number of carbonyl (C=O) groups excluding carboxylic acids is 1. The Bertz CT molecular complexity index is 396. The molecule has 0 amide bonds. The average Bonchev–Trinajstić information content (AvgIpc) is 2.70. The summed E-state index contributed by atoms with van der Waals surface area (Å²) in [5.74, 6) is 0.0109. The number of ketones is 1. The fourth-order valence-corrected chi connectivity index (χ4v) is 2.34. The van der Waals surface area contributed by atoms with Crippen molar-refractivity contribution in [3.63, 3.8) is 0 Å². The molecule has 0 bridgehead atoms. The molecule has 0 saturated carbocycles. The predicted octanol–water partition coefficient (Wildman–Crippen LogP) is 3.61. The van der Waals surface area contributed by atoms with Crippen molar-refractivity contribution in [2.24, 2.45) is 0 Å². The monoisotopic (exact) mass is 316 g/mol. The molecule has 1 heterocycles. The zero-order valence-corrected chi connectivity index (χ0v) is 13.0. The van der Waals surface area contributed by atoms with E-state index in [1.54, 1.807) is 10.9 Å². The van der Waals surface area contributed by atoms with Gasteiger partial charge in [0.1, 0.15) is 11.8 Å². The number of ether oxygens (including phenoxy) is 1. The molecule has 0 aromatic carbocycles. The first-order chi connectivity index (χ1) is 8.52. The Morgan fingerprint density at radius 1 is 1.50 bits per heavy atom. The van der Waals surface area contributed by atoms with Gasteiger partial charge in [-0.05, 0) is 43.1 Å². The molecule has 0 aliphatic carbocycles. The van der Waals surface area contributed by atoms with Gasteiger partial charge in [0, 0.05) is 12.6 Å². The molecule has 0 saturated heterocycles. The fourth-order valence-electron chi connectivity index (χ4n) is 1.87. The largest absolute Gasteiger partial charge is 0.370 e. The lowest BCUT2D eigenvalue weighted by atomic mass is 10.1. The Morgan fingerprint density at radius 2 is 2.17 bits per heavy atom. The van der Waals surface area contributed by atoms with Crippen LogP contribution < -0.4 is 0 Å². The maximum atomic E-state index is 12.5. The molecule has 102 valence electrons. The summed E-state index contributed by atoms with van der Waals surface area (Å²) in [6.45, 7) is 8.51. The molecule has 18 heavy (non-hydrogen) atoms. The molecule has 5 heteroatoms. The molecule has 4 nitrogen and oxygen atoms in total. The summed E-state index contributed by atoms with van der Waals surface area (Å²) in [6.07, 6.45) is 2.96. The molecule has 1 rings (SSSR count). The maximum Gasteiger partial charge on any atom is 0.210 e. The quantitative estimate of drug-likeness (QED) is 0.722. The van der Waals surface area contributed by atoms with Crippen LogP contribution in [0, 0.1) is 0 Å². The highest BCUT2D eigenvalue weighted by Gasteiger charge is 2.26. The van der Waals surface area contributed by atoms with Gasteiger partial charge in [-0.2, -0.15) is 5.10 Å². The molecule has 0 aliphatic heterocycles. The Labute approximate surface area is 117 Å². The molecule has 1 atom stereocenters. The van der Waals surface area contributed by atoms with Crippen molar-refractivity contribution in [3.05, 3.63) is 16.4 Å². The lowest BCUT2D eigenvalue weighted by molar-refractivity contribution is 0.0411. The van der Waals surface area contributed by atoms with Crippen molar-refractivity contribution in [3.8, 4) is 0 Å². The Hall–Kier alpha value is -0.680. The number of carbonyl (C=O) groups is 1. The maximum absolute atomic E-state index is 12.5. The Kier molecular flexibility index (Phi) is 6.02. The van der Waals surface area contributed by atoms with Gasteiger partial charge in [0.25, 0.3) is 0 Å². The highest BCUT2D eigenvalue weighted by Crippen LogP contribution is 2.23. The van der Waals surface area contributed by atoms with Gasteiger partial charge in [-0.15, -0.1) is 0 Å². The van der Waals surface area contributed by atoms with Crippen LogP contribution in [0.3, 0.4) is 0 Å². The first-order valence-corrected chi connectivity index (χ1v) is 7.20. The summed E-state index contributed by atoms with van der Waals surface area (Å²) in [5.41, 5.74) is 0.608. The van der Waals surface area contributed by atoms with Gasteiger partial charge >= 0.3 is 0 Å². The normalized spacial score (nSPS) is 13.0. The molecule has 0 radical (unpaired) electrons. The van der Waals surface area contributed by atoms with E-state index < -0.39 is 0 Å². The SMILES string of the molecule is CCCC(OCC)C(=O)c1c(Br)cnn1C(C)C. The van der Waals surface area contributed by atoms with Crippen molar-refractivity contribution < 1.29 is 9.53 Å². The third-order valence-corrected chi connectivity index (χ3v) is 3.26. The summed E-state index contributed by atoms with van der Waals surface area (Å²) in [7, 11) is 0. The minimum Gasteiger partial charge on any atom is -0.370 e. The summed E-state index contributed by atoms with van der Waals surface area (Å²) in [5, 5.41) is 4.23. The van der Waals surface area contributed by atoms with E-state index in [-0.39, 0.29) is 17.9 Å². The number of hydrogen-bond acceptors (Lipinski definition) is 3. The number of nitrogens with zero attached hydrogens (tertiary/aromatic N) is 2. The third-order valence-electron chi connectivity index (χ3n) is 2.68. The number of halogens is 1. The van der Waals surface area contributed by atoms with Crippen LogP contribution in [0.25, 0.3) is 0 Å². The Balaban J connectivity index is 3.03. The van der Waals surface area contributed by atoms with Crippen molar-refractivity contribution in [2.75, 3.05) is 6.61 Å². The standard InChI is InChI=1S/C13H21BrN2O2/c1-5-7-11(18-6-2)13(17)12-10(14)8-15-16(12)9(3)4/h8-9,11H,5-7H2,1-4H3. The van der Waals surface area contributed by atoms with E-state index in [0.717, 1.165) is 17.3 Å². The van der Waals surface area contributed by atoms with Gasteiger partial charge in [0.05, 0.1) is 10.7 Å². The second-order valence-electron chi connectivity index (χ2n) is 4.48.